The van der Waals surface area contributed by atoms with Crippen molar-refractivity contribution >= 4 is 23.0 Å². The molecule has 0 saturated carbocycles. The normalized spacial score (nSPS) is 17.9. The molecule has 0 aliphatic carbocycles. The zero-order valence-corrected chi connectivity index (χ0v) is 19.1. The van der Waals surface area contributed by atoms with E-state index in [1.807, 2.05) is 47.4 Å². The molecule has 1 fully saturated rings. The molecule has 1 aliphatic rings. The van der Waals surface area contributed by atoms with Gasteiger partial charge in [-0.3, -0.25) is 4.98 Å². The summed E-state index contributed by atoms with van der Waals surface area (Å²) in [6.07, 6.45) is 1.78. The molecule has 7 heteroatoms. The molecule has 1 aliphatic heterocycles. The van der Waals surface area contributed by atoms with Gasteiger partial charge in [-0.25, -0.2) is 0 Å². The zero-order valence-electron chi connectivity index (χ0n) is 18.3. The number of rotatable bonds is 4. The smallest absolute Gasteiger partial charge is 0.174 e. The molecule has 5 rings (SSSR count). The number of aromatic hydroxyl groups is 2. The van der Waals surface area contributed by atoms with Crippen LogP contribution in [0.5, 0.6) is 11.5 Å². The van der Waals surface area contributed by atoms with E-state index < -0.39 is 0 Å². The van der Waals surface area contributed by atoms with Crippen LogP contribution in [0.4, 0.5) is 5.69 Å². The fourth-order valence-electron chi connectivity index (χ4n) is 4.68. The molecular weight excluding hydrogens is 432 g/mol. The van der Waals surface area contributed by atoms with E-state index in [-0.39, 0.29) is 23.6 Å². The number of para-hydroxylation sites is 2. The van der Waals surface area contributed by atoms with Crippen molar-refractivity contribution in [3.05, 3.63) is 102 Å². The number of aryl methyl sites for hydroxylation is 1. The average Bonchev–Trinajstić information content (AvgIpc) is 3.31. The van der Waals surface area contributed by atoms with Gasteiger partial charge in [0.25, 0.3) is 0 Å². The number of nitrogens with zero attached hydrogens (tertiary/aromatic N) is 3. The summed E-state index contributed by atoms with van der Waals surface area (Å²) in [7, 11) is 0. The van der Waals surface area contributed by atoms with Gasteiger partial charge < -0.3 is 25.0 Å². The summed E-state index contributed by atoms with van der Waals surface area (Å²) in [6, 6.07) is 22.0. The molecular formula is C26H24N4O2S. The lowest BCUT2D eigenvalue weighted by molar-refractivity contribution is 0.472. The van der Waals surface area contributed by atoms with Gasteiger partial charge in [-0.15, -0.1) is 0 Å². The van der Waals surface area contributed by atoms with Gasteiger partial charge in [0.2, 0.25) is 0 Å². The van der Waals surface area contributed by atoms with Crippen molar-refractivity contribution in [2.24, 2.45) is 0 Å². The molecule has 166 valence electrons. The lowest BCUT2D eigenvalue weighted by Gasteiger charge is -2.28. The van der Waals surface area contributed by atoms with Gasteiger partial charge in [0.1, 0.15) is 11.5 Å². The second-order valence-electron chi connectivity index (χ2n) is 8.16. The maximum Gasteiger partial charge on any atom is 0.174 e. The minimum Gasteiger partial charge on any atom is -0.508 e. The molecule has 1 saturated heterocycles. The quantitative estimate of drug-likeness (QED) is 0.372. The Bertz CT molecular complexity index is 1320. The molecule has 0 bridgehead atoms. The summed E-state index contributed by atoms with van der Waals surface area (Å²) in [5, 5.41) is 24.4. The van der Waals surface area contributed by atoms with Gasteiger partial charge in [-0.05, 0) is 86.2 Å². The van der Waals surface area contributed by atoms with E-state index in [2.05, 4.69) is 34.8 Å². The van der Waals surface area contributed by atoms with Crippen LogP contribution in [0.3, 0.4) is 0 Å². The van der Waals surface area contributed by atoms with Crippen LogP contribution in [0.25, 0.3) is 5.69 Å². The first kappa shape index (κ1) is 21.0. The Morgan fingerprint density at radius 2 is 1.67 bits per heavy atom. The van der Waals surface area contributed by atoms with Gasteiger partial charge in [0.05, 0.1) is 23.5 Å². The Labute approximate surface area is 197 Å². The highest BCUT2D eigenvalue weighted by molar-refractivity contribution is 7.80. The lowest BCUT2D eigenvalue weighted by Crippen LogP contribution is -2.29. The molecule has 0 spiro atoms. The first-order valence-corrected chi connectivity index (χ1v) is 11.1. The van der Waals surface area contributed by atoms with E-state index in [1.54, 1.807) is 30.5 Å². The van der Waals surface area contributed by atoms with Crippen LogP contribution in [-0.4, -0.2) is 24.9 Å². The zero-order chi connectivity index (χ0) is 23.1. The van der Waals surface area contributed by atoms with Crippen LogP contribution in [0.2, 0.25) is 0 Å². The molecule has 0 unspecified atom stereocenters. The van der Waals surface area contributed by atoms with Crippen molar-refractivity contribution in [1.82, 2.24) is 14.9 Å². The van der Waals surface area contributed by atoms with Crippen LogP contribution in [0, 0.1) is 13.8 Å². The SMILES string of the molecule is Cc1cc([C@@H]2[C@H](c3ccccn3)NC(=S)N2c2ccccc2O)c(C)n1-c1ccc(O)cc1. The van der Waals surface area contributed by atoms with Crippen molar-refractivity contribution in [2.75, 3.05) is 4.90 Å². The second-order valence-corrected chi connectivity index (χ2v) is 8.55. The van der Waals surface area contributed by atoms with E-state index in [0.717, 1.165) is 28.3 Å². The number of benzene rings is 2. The number of aromatic nitrogens is 2. The predicted octanol–water partition coefficient (Wildman–Crippen LogP) is 5.08. The third-order valence-corrected chi connectivity index (χ3v) is 6.45. The molecule has 4 aromatic rings. The topological polar surface area (TPSA) is 73.5 Å². The fourth-order valence-corrected chi connectivity index (χ4v) is 5.02. The van der Waals surface area contributed by atoms with Gasteiger partial charge in [0.15, 0.2) is 5.11 Å². The van der Waals surface area contributed by atoms with E-state index in [4.69, 9.17) is 12.2 Å². The maximum atomic E-state index is 10.7. The minimum absolute atomic E-state index is 0.167. The summed E-state index contributed by atoms with van der Waals surface area (Å²) in [4.78, 5) is 6.58. The summed E-state index contributed by atoms with van der Waals surface area (Å²) in [6.45, 7) is 4.14. The molecule has 33 heavy (non-hydrogen) atoms. The second kappa shape index (κ2) is 8.26. The largest absolute Gasteiger partial charge is 0.508 e. The molecule has 2 aromatic heterocycles. The highest BCUT2D eigenvalue weighted by Gasteiger charge is 2.43. The third kappa shape index (κ3) is 3.60. The van der Waals surface area contributed by atoms with Gasteiger partial charge >= 0.3 is 0 Å². The number of hydrogen-bond donors (Lipinski definition) is 3. The van der Waals surface area contributed by atoms with Crippen molar-refractivity contribution in [3.8, 4) is 17.2 Å². The summed E-state index contributed by atoms with van der Waals surface area (Å²) in [5.74, 6) is 0.397. The first-order valence-electron chi connectivity index (χ1n) is 10.7. The monoisotopic (exact) mass is 456 g/mol. The van der Waals surface area contributed by atoms with Crippen LogP contribution < -0.4 is 10.2 Å². The minimum atomic E-state index is -0.224. The van der Waals surface area contributed by atoms with Crippen molar-refractivity contribution < 1.29 is 10.2 Å². The molecule has 2 atom stereocenters. The van der Waals surface area contributed by atoms with E-state index >= 15 is 0 Å². The van der Waals surface area contributed by atoms with Crippen molar-refractivity contribution in [3.63, 3.8) is 0 Å². The Hall–Kier alpha value is -3.84. The van der Waals surface area contributed by atoms with Crippen LogP contribution >= 0.6 is 12.2 Å². The van der Waals surface area contributed by atoms with Crippen LogP contribution in [0.1, 0.15) is 34.7 Å². The molecule has 3 N–H and O–H groups in total. The third-order valence-electron chi connectivity index (χ3n) is 6.14. The molecule has 2 aromatic carbocycles. The summed E-state index contributed by atoms with van der Waals surface area (Å²) < 4.78 is 2.16. The number of anilines is 1. The van der Waals surface area contributed by atoms with Crippen LogP contribution in [0.15, 0.2) is 79.0 Å². The standard InChI is InChI=1S/C26H24N4O2S/c1-16-15-20(17(2)29(16)18-10-12-19(31)13-11-18)25-24(21-7-5-6-14-27-21)28-26(33)30(25)22-8-3-4-9-23(22)32/h3-15,24-25,31-32H,1-2H3,(H,28,33)/t24-,25+/m0/s1. The Kier molecular flexibility index (Phi) is 5.26. The number of phenolic OH excluding ortho intramolecular Hbond substituents is 2. The van der Waals surface area contributed by atoms with Crippen molar-refractivity contribution in [1.29, 1.82) is 0 Å². The highest BCUT2D eigenvalue weighted by Crippen LogP contribution is 2.45. The Balaban J connectivity index is 1.69. The molecule has 0 amide bonds. The van der Waals surface area contributed by atoms with Crippen LogP contribution in [-0.2, 0) is 0 Å². The molecule has 0 radical (unpaired) electrons. The molecule has 3 heterocycles. The number of phenols is 2. The van der Waals surface area contributed by atoms with Gasteiger partial charge in [-0.2, -0.15) is 0 Å². The number of hydrogen-bond acceptors (Lipinski definition) is 4. The van der Waals surface area contributed by atoms with E-state index in [0.29, 0.717) is 10.8 Å². The Morgan fingerprint density at radius 1 is 0.939 bits per heavy atom. The van der Waals surface area contributed by atoms with Gasteiger partial charge in [-0.1, -0.05) is 18.2 Å². The first-order chi connectivity index (χ1) is 16.0. The summed E-state index contributed by atoms with van der Waals surface area (Å²) in [5.41, 5.74) is 5.67. The number of nitrogens with one attached hydrogen (secondary N) is 1. The van der Waals surface area contributed by atoms with E-state index in [9.17, 15) is 10.2 Å². The fraction of sp³-hybridized carbons (Fsp3) is 0.154. The number of pyridine rings is 1. The molecule has 6 nitrogen and oxygen atoms in total. The average molecular weight is 457 g/mol. The highest BCUT2D eigenvalue weighted by atomic mass is 32.1. The van der Waals surface area contributed by atoms with Crippen molar-refractivity contribution in [2.45, 2.75) is 25.9 Å². The maximum absolute atomic E-state index is 10.7. The van der Waals surface area contributed by atoms with Gasteiger partial charge in [0, 0.05) is 23.3 Å². The predicted molar refractivity (Wildman–Crippen MR) is 133 cm³/mol. The Morgan fingerprint density at radius 3 is 2.36 bits per heavy atom. The lowest BCUT2D eigenvalue weighted by atomic mass is 9.96. The van der Waals surface area contributed by atoms with E-state index in [1.165, 1.54) is 0 Å². The summed E-state index contributed by atoms with van der Waals surface area (Å²) >= 11 is 5.77. The number of thiocarbonyl (C=S) groups is 1.